The standard InChI is InChI=1S/C15H8ClN3O/c16-10-7-5-9(6-8-10)13-17-14-11-3-1-2-4-12(11)15(20)19(14)18-13/h1-8H. The van der Waals surface area contributed by atoms with Gasteiger partial charge in [0.15, 0.2) is 11.6 Å². The monoisotopic (exact) mass is 281 g/mol. The number of carbonyl (C=O) groups excluding carboxylic acids is 1. The fraction of sp³-hybridized carbons (Fsp3) is 0. The zero-order valence-corrected chi connectivity index (χ0v) is 11.0. The quantitative estimate of drug-likeness (QED) is 0.538. The number of hydrogen-bond donors (Lipinski definition) is 0. The number of aromatic nitrogens is 3. The smallest absolute Gasteiger partial charge is 0.267 e. The highest BCUT2D eigenvalue weighted by atomic mass is 35.5. The van der Waals surface area contributed by atoms with Gasteiger partial charge < -0.3 is 0 Å². The van der Waals surface area contributed by atoms with Gasteiger partial charge in [0.05, 0.1) is 5.56 Å². The number of hydrogen-bond acceptors (Lipinski definition) is 3. The zero-order chi connectivity index (χ0) is 13.7. The van der Waals surface area contributed by atoms with E-state index in [1.165, 1.54) is 4.68 Å². The first-order chi connectivity index (χ1) is 9.74. The lowest BCUT2D eigenvalue weighted by Crippen LogP contribution is -2.07. The van der Waals surface area contributed by atoms with Gasteiger partial charge in [0.1, 0.15) is 0 Å². The molecule has 1 aromatic heterocycles. The molecule has 0 unspecified atom stereocenters. The summed E-state index contributed by atoms with van der Waals surface area (Å²) in [6.45, 7) is 0. The van der Waals surface area contributed by atoms with Gasteiger partial charge in [0, 0.05) is 16.1 Å². The van der Waals surface area contributed by atoms with E-state index >= 15 is 0 Å². The summed E-state index contributed by atoms with van der Waals surface area (Å²) in [6, 6.07) is 14.6. The minimum absolute atomic E-state index is 0.136. The van der Waals surface area contributed by atoms with Gasteiger partial charge in [-0.3, -0.25) is 4.79 Å². The Bertz CT molecular complexity index is 837. The molecule has 2 heterocycles. The predicted octanol–water partition coefficient (Wildman–Crippen LogP) is 3.27. The summed E-state index contributed by atoms with van der Waals surface area (Å²) in [7, 11) is 0. The molecule has 4 nitrogen and oxygen atoms in total. The Labute approximate surface area is 119 Å². The molecule has 2 aromatic carbocycles. The van der Waals surface area contributed by atoms with Crippen LogP contribution < -0.4 is 0 Å². The zero-order valence-electron chi connectivity index (χ0n) is 10.2. The number of fused-ring (bicyclic) bond motifs is 3. The average molecular weight is 282 g/mol. The molecule has 0 fully saturated rings. The Hall–Kier alpha value is -2.46. The van der Waals surface area contributed by atoms with E-state index in [0.29, 0.717) is 22.2 Å². The van der Waals surface area contributed by atoms with Crippen LogP contribution in [0.2, 0.25) is 5.02 Å². The van der Waals surface area contributed by atoms with Crippen LogP contribution in [-0.4, -0.2) is 20.7 Å². The van der Waals surface area contributed by atoms with Gasteiger partial charge in [-0.25, -0.2) is 4.98 Å². The van der Waals surface area contributed by atoms with Crippen LogP contribution in [0.15, 0.2) is 48.5 Å². The lowest BCUT2D eigenvalue weighted by Gasteiger charge is -1.97. The van der Waals surface area contributed by atoms with E-state index in [2.05, 4.69) is 10.1 Å². The largest absolute Gasteiger partial charge is 0.280 e. The van der Waals surface area contributed by atoms with Crippen LogP contribution >= 0.6 is 11.6 Å². The number of benzene rings is 2. The van der Waals surface area contributed by atoms with Crippen molar-refractivity contribution in [3.8, 4) is 22.8 Å². The first-order valence-corrected chi connectivity index (χ1v) is 6.49. The van der Waals surface area contributed by atoms with Crippen molar-refractivity contribution in [2.75, 3.05) is 0 Å². The second-order valence-corrected chi connectivity index (χ2v) is 4.96. The van der Waals surface area contributed by atoms with Crippen LogP contribution in [-0.2, 0) is 0 Å². The van der Waals surface area contributed by atoms with Crippen LogP contribution in [0.3, 0.4) is 0 Å². The van der Waals surface area contributed by atoms with Crippen molar-refractivity contribution >= 4 is 17.5 Å². The summed E-state index contributed by atoms with van der Waals surface area (Å²) < 4.78 is 1.36. The highest BCUT2D eigenvalue weighted by Gasteiger charge is 2.29. The lowest BCUT2D eigenvalue weighted by atomic mass is 10.1. The third-order valence-corrected chi connectivity index (χ3v) is 3.55. The molecule has 0 saturated heterocycles. The Balaban J connectivity index is 1.88. The third kappa shape index (κ3) is 1.52. The molecule has 0 bridgehead atoms. The van der Waals surface area contributed by atoms with Crippen molar-refractivity contribution in [3.63, 3.8) is 0 Å². The number of carbonyl (C=O) groups is 1. The van der Waals surface area contributed by atoms with Crippen LogP contribution in [0, 0.1) is 0 Å². The Morgan fingerprint density at radius 2 is 1.65 bits per heavy atom. The summed E-state index contributed by atoms with van der Waals surface area (Å²) in [4.78, 5) is 16.7. The SMILES string of the molecule is O=C1c2ccccc2-c2nc(-c3ccc(Cl)cc3)nn21. The number of nitrogens with zero attached hydrogens (tertiary/aromatic N) is 3. The molecular formula is C15H8ClN3O. The highest BCUT2D eigenvalue weighted by Crippen LogP contribution is 2.31. The Kier molecular flexibility index (Phi) is 2.28. The predicted molar refractivity (Wildman–Crippen MR) is 75.6 cm³/mol. The van der Waals surface area contributed by atoms with Crippen molar-refractivity contribution in [1.82, 2.24) is 14.8 Å². The highest BCUT2D eigenvalue weighted by molar-refractivity contribution is 6.30. The maximum absolute atomic E-state index is 12.2. The van der Waals surface area contributed by atoms with E-state index in [4.69, 9.17) is 11.6 Å². The van der Waals surface area contributed by atoms with Crippen LogP contribution in [0.1, 0.15) is 10.4 Å². The lowest BCUT2D eigenvalue weighted by molar-refractivity contribution is 0.0955. The molecule has 5 heteroatoms. The topological polar surface area (TPSA) is 47.8 Å². The molecule has 0 amide bonds. The fourth-order valence-electron chi connectivity index (χ4n) is 2.33. The molecule has 96 valence electrons. The van der Waals surface area contributed by atoms with Crippen molar-refractivity contribution < 1.29 is 4.79 Å². The molecule has 1 aliphatic heterocycles. The maximum Gasteiger partial charge on any atom is 0.280 e. The summed E-state index contributed by atoms with van der Waals surface area (Å²) in [5.41, 5.74) is 2.30. The van der Waals surface area contributed by atoms with Crippen LogP contribution in [0.25, 0.3) is 22.8 Å². The van der Waals surface area contributed by atoms with Crippen LogP contribution in [0.5, 0.6) is 0 Å². The van der Waals surface area contributed by atoms with Gasteiger partial charge in [-0.2, -0.15) is 4.68 Å². The summed E-state index contributed by atoms with van der Waals surface area (Å²) in [5.74, 6) is 0.985. The molecule has 20 heavy (non-hydrogen) atoms. The third-order valence-electron chi connectivity index (χ3n) is 3.30. The van der Waals surface area contributed by atoms with E-state index in [1.54, 1.807) is 18.2 Å². The Morgan fingerprint density at radius 1 is 0.950 bits per heavy atom. The van der Waals surface area contributed by atoms with Gasteiger partial charge in [-0.1, -0.05) is 29.8 Å². The average Bonchev–Trinajstić information content (AvgIpc) is 3.01. The molecule has 0 atom stereocenters. The summed E-state index contributed by atoms with van der Waals surface area (Å²) in [6.07, 6.45) is 0. The first-order valence-electron chi connectivity index (χ1n) is 6.11. The summed E-state index contributed by atoms with van der Waals surface area (Å²) >= 11 is 5.86. The van der Waals surface area contributed by atoms with Crippen molar-refractivity contribution in [1.29, 1.82) is 0 Å². The van der Waals surface area contributed by atoms with Crippen molar-refractivity contribution in [3.05, 3.63) is 59.1 Å². The minimum atomic E-state index is -0.136. The molecule has 0 spiro atoms. The molecular weight excluding hydrogens is 274 g/mol. The van der Waals surface area contributed by atoms with E-state index in [1.807, 2.05) is 30.3 Å². The molecule has 1 aliphatic rings. The molecule has 3 aromatic rings. The van der Waals surface area contributed by atoms with Gasteiger partial charge in [-0.15, -0.1) is 5.10 Å². The van der Waals surface area contributed by atoms with Gasteiger partial charge >= 0.3 is 0 Å². The maximum atomic E-state index is 12.2. The number of rotatable bonds is 1. The first kappa shape index (κ1) is 11.4. The fourth-order valence-corrected chi connectivity index (χ4v) is 2.45. The van der Waals surface area contributed by atoms with Gasteiger partial charge in [0.2, 0.25) is 0 Å². The molecule has 0 saturated carbocycles. The van der Waals surface area contributed by atoms with Gasteiger partial charge in [0.25, 0.3) is 5.91 Å². The number of halogens is 1. The molecule has 0 N–H and O–H groups in total. The second-order valence-electron chi connectivity index (χ2n) is 4.53. The normalized spacial score (nSPS) is 12.3. The molecule has 4 rings (SSSR count). The molecule has 0 radical (unpaired) electrons. The van der Waals surface area contributed by atoms with Crippen molar-refractivity contribution in [2.45, 2.75) is 0 Å². The van der Waals surface area contributed by atoms with Gasteiger partial charge in [-0.05, 0) is 30.3 Å². The van der Waals surface area contributed by atoms with Crippen LogP contribution in [0.4, 0.5) is 0 Å². The summed E-state index contributed by atoms with van der Waals surface area (Å²) in [5, 5.41) is 4.95. The van der Waals surface area contributed by atoms with E-state index < -0.39 is 0 Å². The Morgan fingerprint density at radius 3 is 2.40 bits per heavy atom. The second kappa shape index (κ2) is 4.02. The minimum Gasteiger partial charge on any atom is -0.267 e. The van der Waals surface area contributed by atoms with E-state index in [9.17, 15) is 4.79 Å². The van der Waals surface area contributed by atoms with Crippen molar-refractivity contribution in [2.24, 2.45) is 0 Å². The van der Waals surface area contributed by atoms with E-state index in [0.717, 1.165) is 11.1 Å². The van der Waals surface area contributed by atoms with E-state index in [-0.39, 0.29) is 5.91 Å². The molecule has 0 aliphatic carbocycles.